The molecule has 0 saturated carbocycles. The van der Waals surface area contributed by atoms with Crippen LogP contribution in [0.15, 0.2) is 61.2 Å². The number of benzene rings is 2. The van der Waals surface area contributed by atoms with Crippen LogP contribution in [-0.4, -0.2) is 34.2 Å². The molecule has 0 saturated heterocycles. The Morgan fingerprint density at radius 3 is 2.24 bits per heavy atom. The second-order valence-electron chi connectivity index (χ2n) is 5.31. The third-order valence-electron chi connectivity index (χ3n) is 3.46. The predicted molar refractivity (Wildman–Crippen MR) is 99.8 cm³/mol. The van der Waals surface area contributed by atoms with Crippen LogP contribution >= 0.6 is 0 Å². The van der Waals surface area contributed by atoms with Crippen LogP contribution in [0, 0.1) is 0 Å². The molecule has 0 aliphatic rings. The number of hydrogen-bond acceptors (Lipinski definition) is 4. The molecule has 0 unspecified atom stereocenters. The number of anilines is 2. The molecule has 0 aliphatic carbocycles. The monoisotopic (exact) mass is 360 g/mol. The fourth-order valence-electron chi connectivity index (χ4n) is 2.21. The molecular weight excluding hydrogens is 340 g/mol. The minimum Gasteiger partial charge on any atom is -0.497 e. The predicted octanol–water partition coefficient (Wildman–Crippen LogP) is 2.90. The summed E-state index contributed by atoms with van der Waals surface area (Å²) in [6, 6.07) is 13.3. The van der Waals surface area contributed by atoms with E-state index in [1.165, 1.54) is 10.4 Å². The molecule has 0 radical (unpaired) electrons. The summed E-state index contributed by atoms with van der Waals surface area (Å²) in [7, 11) is -1.85. The minimum absolute atomic E-state index is 0.163. The van der Waals surface area contributed by atoms with E-state index in [-0.39, 0.29) is 12.5 Å². The fraction of sp³-hybridized carbons (Fsp3) is 0.167. The number of ether oxygens (including phenoxy) is 1. The van der Waals surface area contributed by atoms with Gasteiger partial charge in [0.15, 0.2) is 0 Å². The molecule has 2 aromatic rings. The van der Waals surface area contributed by atoms with Gasteiger partial charge in [0, 0.05) is 11.3 Å². The maximum absolute atomic E-state index is 12.3. The van der Waals surface area contributed by atoms with Gasteiger partial charge in [-0.1, -0.05) is 6.08 Å². The fourth-order valence-corrected chi connectivity index (χ4v) is 3.09. The Bertz CT molecular complexity index is 844. The van der Waals surface area contributed by atoms with Crippen LogP contribution in [0.2, 0.25) is 0 Å². The van der Waals surface area contributed by atoms with Crippen molar-refractivity contribution in [2.75, 3.05) is 29.5 Å². The molecule has 6 nitrogen and oxygen atoms in total. The first-order chi connectivity index (χ1) is 11.8. The highest BCUT2D eigenvalue weighted by atomic mass is 32.2. The normalized spacial score (nSPS) is 10.8. The van der Waals surface area contributed by atoms with Crippen LogP contribution in [-0.2, 0) is 10.0 Å². The lowest BCUT2D eigenvalue weighted by Gasteiger charge is -2.20. The summed E-state index contributed by atoms with van der Waals surface area (Å²) in [6.07, 6.45) is 2.63. The van der Waals surface area contributed by atoms with E-state index in [4.69, 9.17) is 4.74 Å². The lowest BCUT2D eigenvalue weighted by atomic mass is 10.2. The van der Waals surface area contributed by atoms with Crippen LogP contribution in [0.5, 0.6) is 5.75 Å². The highest BCUT2D eigenvalue weighted by Gasteiger charge is 2.16. The van der Waals surface area contributed by atoms with Crippen LogP contribution in [0.1, 0.15) is 10.4 Å². The first kappa shape index (κ1) is 18.5. The number of hydrogen-bond donors (Lipinski definition) is 1. The number of nitrogens with one attached hydrogen (secondary N) is 1. The molecule has 132 valence electrons. The van der Waals surface area contributed by atoms with E-state index in [0.29, 0.717) is 22.7 Å². The van der Waals surface area contributed by atoms with Crippen molar-refractivity contribution in [2.24, 2.45) is 0 Å². The Labute approximate surface area is 147 Å². The smallest absolute Gasteiger partial charge is 0.255 e. The Morgan fingerprint density at radius 2 is 1.76 bits per heavy atom. The number of sulfonamides is 1. The first-order valence-corrected chi connectivity index (χ1v) is 9.34. The lowest BCUT2D eigenvalue weighted by molar-refractivity contribution is 0.102. The van der Waals surface area contributed by atoms with Gasteiger partial charge in [-0.25, -0.2) is 8.42 Å². The maximum Gasteiger partial charge on any atom is 0.255 e. The second-order valence-corrected chi connectivity index (χ2v) is 7.22. The van der Waals surface area contributed by atoms with Gasteiger partial charge in [0.1, 0.15) is 5.75 Å². The second kappa shape index (κ2) is 7.85. The quantitative estimate of drug-likeness (QED) is 0.771. The van der Waals surface area contributed by atoms with Crippen molar-refractivity contribution in [2.45, 2.75) is 0 Å². The summed E-state index contributed by atoms with van der Waals surface area (Å²) in [6.45, 7) is 3.73. The third-order valence-corrected chi connectivity index (χ3v) is 4.62. The Balaban J connectivity index is 2.15. The molecule has 0 heterocycles. The summed E-state index contributed by atoms with van der Waals surface area (Å²) < 4.78 is 29.9. The number of carbonyl (C=O) groups is 1. The van der Waals surface area contributed by atoms with E-state index in [1.54, 1.807) is 55.6 Å². The number of methoxy groups -OCH3 is 1. The van der Waals surface area contributed by atoms with Crippen molar-refractivity contribution in [3.8, 4) is 5.75 Å². The van der Waals surface area contributed by atoms with Crippen LogP contribution in [0.3, 0.4) is 0 Å². The molecule has 1 N–H and O–H groups in total. The molecule has 7 heteroatoms. The molecular formula is C18H20N2O4S. The zero-order valence-electron chi connectivity index (χ0n) is 14.1. The zero-order chi connectivity index (χ0) is 18.4. The van der Waals surface area contributed by atoms with E-state index in [9.17, 15) is 13.2 Å². The van der Waals surface area contributed by atoms with Crippen molar-refractivity contribution in [3.63, 3.8) is 0 Å². The Morgan fingerprint density at radius 1 is 1.16 bits per heavy atom. The maximum atomic E-state index is 12.3. The molecule has 1 amide bonds. The van der Waals surface area contributed by atoms with Crippen molar-refractivity contribution < 1.29 is 17.9 Å². The van der Waals surface area contributed by atoms with E-state index in [1.807, 2.05) is 0 Å². The topological polar surface area (TPSA) is 75.7 Å². The summed E-state index contributed by atoms with van der Waals surface area (Å²) in [5.74, 6) is 0.414. The average Bonchev–Trinajstić information content (AvgIpc) is 2.59. The van der Waals surface area contributed by atoms with Crippen LogP contribution in [0.25, 0.3) is 0 Å². The van der Waals surface area contributed by atoms with Gasteiger partial charge in [0.25, 0.3) is 5.91 Å². The van der Waals surface area contributed by atoms with Gasteiger partial charge in [0.05, 0.1) is 25.6 Å². The van der Waals surface area contributed by atoms with Gasteiger partial charge in [-0.15, -0.1) is 6.58 Å². The SMILES string of the molecule is C=CCN(c1ccc(C(=O)Nc2ccc(OC)cc2)cc1)S(C)(=O)=O. The van der Waals surface area contributed by atoms with E-state index < -0.39 is 10.0 Å². The molecule has 0 bridgehead atoms. The van der Waals surface area contributed by atoms with Crippen molar-refractivity contribution >= 4 is 27.3 Å². The number of amides is 1. The summed E-state index contributed by atoms with van der Waals surface area (Å²) in [5, 5.41) is 2.77. The van der Waals surface area contributed by atoms with Gasteiger partial charge < -0.3 is 10.1 Å². The number of nitrogens with zero attached hydrogens (tertiary/aromatic N) is 1. The molecule has 0 fully saturated rings. The summed E-state index contributed by atoms with van der Waals surface area (Å²) in [4.78, 5) is 12.3. The largest absolute Gasteiger partial charge is 0.497 e. The number of rotatable bonds is 7. The zero-order valence-corrected chi connectivity index (χ0v) is 14.9. The molecule has 2 rings (SSSR count). The van der Waals surface area contributed by atoms with E-state index in [2.05, 4.69) is 11.9 Å². The Kier molecular flexibility index (Phi) is 5.82. The summed E-state index contributed by atoms with van der Waals surface area (Å²) >= 11 is 0. The van der Waals surface area contributed by atoms with E-state index in [0.717, 1.165) is 6.26 Å². The molecule has 0 atom stereocenters. The van der Waals surface area contributed by atoms with Gasteiger partial charge in [-0.2, -0.15) is 0 Å². The molecule has 25 heavy (non-hydrogen) atoms. The lowest BCUT2D eigenvalue weighted by Crippen LogP contribution is -2.29. The van der Waals surface area contributed by atoms with Gasteiger partial charge >= 0.3 is 0 Å². The van der Waals surface area contributed by atoms with Crippen molar-refractivity contribution in [1.29, 1.82) is 0 Å². The number of carbonyl (C=O) groups excluding carboxylic acids is 1. The standard InChI is InChI=1S/C18H20N2O4S/c1-4-13-20(25(3,22)23)16-9-5-14(6-10-16)18(21)19-15-7-11-17(24-2)12-8-15/h4-12H,1,13H2,2-3H3,(H,19,21). The molecule has 2 aromatic carbocycles. The minimum atomic E-state index is -3.42. The Hall–Kier alpha value is -2.80. The van der Waals surface area contributed by atoms with Gasteiger partial charge in [0.2, 0.25) is 10.0 Å². The molecule has 0 spiro atoms. The average molecular weight is 360 g/mol. The molecule has 0 aliphatic heterocycles. The highest BCUT2D eigenvalue weighted by molar-refractivity contribution is 7.92. The first-order valence-electron chi connectivity index (χ1n) is 7.49. The van der Waals surface area contributed by atoms with Gasteiger partial charge in [-0.05, 0) is 48.5 Å². The van der Waals surface area contributed by atoms with Crippen LogP contribution < -0.4 is 14.4 Å². The van der Waals surface area contributed by atoms with Crippen LogP contribution in [0.4, 0.5) is 11.4 Å². The highest BCUT2D eigenvalue weighted by Crippen LogP contribution is 2.20. The van der Waals surface area contributed by atoms with E-state index >= 15 is 0 Å². The van der Waals surface area contributed by atoms with Crippen molar-refractivity contribution in [3.05, 3.63) is 66.7 Å². The summed E-state index contributed by atoms with van der Waals surface area (Å²) in [5.41, 5.74) is 1.54. The molecule has 0 aromatic heterocycles. The third kappa shape index (κ3) is 4.84. The van der Waals surface area contributed by atoms with Gasteiger partial charge in [-0.3, -0.25) is 9.10 Å². The van der Waals surface area contributed by atoms with Crippen molar-refractivity contribution in [1.82, 2.24) is 0 Å².